The van der Waals surface area contributed by atoms with E-state index < -0.39 is 124 Å². The van der Waals surface area contributed by atoms with Crippen LogP contribution in [0.3, 0.4) is 0 Å². The monoisotopic (exact) mass is 1370 g/mol. The van der Waals surface area contributed by atoms with Gasteiger partial charge in [-0.2, -0.15) is 0 Å². The van der Waals surface area contributed by atoms with E-state index in [9.17, 15) is 61.0 Å². The third-order valence-corrected chi connectivity index (χ3v) is 19.7. The van der Waals surface area contributed by atoms with Crippen molar-refractivity contribution in [3.63, 3.8) is 0 Å². The van der Waals surface area contributed by atoms with Crippen LogP contribution < -0.4 is 5.32 Å². The molecule has 0 aromatic rings. The number of aliphatic hydroxyl groups is 11. The number of nitrogens with one attached hydrogen (secondary N) is 1. The van der Waals surface area contributed by atoms with Crippen molar-refractivity contribution in [1.82, 2.24) is 5.32 Å². The van der Waals surface area contributed by atoms with Crippen LogP contribution in [0.4, 0.5) is 0 Å². The summed E-state index contributed by atoms with van der Waals surface area (Å²) in [6, 6.07) is -0.969. The van der Waals surface area contributed by atoms with Gasteiger partial charge < -0.3 is 89.9 Å². The van der Waals surface area contributed by atoms with Gasteiger partial charge in [-0.05, 0) is 51.4 Å². The van der Waals surface area contributed by atoms with E-state index in [1.165, 1.54) is 238 Å². The molecule has 3 aliphatic heterocycles. The van der Waals surface area contributed by atoms with E-state index >= 15 is 0 Å². The van der Waals surface area contributed by atoms with Gasteiger partial charge in [0.25, 0.3) is 0 Å². The molecule has 0 aromatic carbocycles. The number of ether oxygens (including phenoxy) is 6. The fourth-order valence-corrected chi connectivity index (χ4v) is 13.3. The molecule has 96 heavy (non-hydrogen) atoms. The van der Waals surface area contributed by atoms with E-state index in [4.69, 9.17) is 28.4 Å². The second kappa shape index (κ2) is 58.5. The first-order valence-corrected chi connectivity index (χ1v) is 39.2. The van der Waals surface area contributed by atoms with Gasteiger partial charge in [0.05, 0.1) is 38.6 Å². The Hall–Kier alpha value is -1.99. The minimum absolute atomic E-state index is 0.248. The average molecular weight is 1370 g/mol. The molecule has 3 rings (SSSR count). The zero-order valence-electron chi connectivity index (χ0n) is 60.1. The summed E-state index contributed by atoms with van der Waals surface area (Å²) in [7, 11) is 0. The SMILES string of the molecule is CCCCCCC/C=C\C/C=C\CCCCCCCCCCCCCCCCCCCCCCCCCCCCCCCC(=O)NC(COC1OC(CO)C(OC2OC(CO)C(OC3OC(CO)C(O)C(O)C3O)C(O)C2O)C(O)C1O)C(O)/C=C/CCCCCCCCCC. The van der Waals surface area contributed by atoms with Gasteiger partial charge in [-0.3, -0.25) is 4.79 Å². The fourth-order valence-electron chi connectivity index (χ4n) is 13.3. The number of aliphatic hydroxyl groups excluding tert-OH is 11. The summed E-state index contributed by atoms with van der Waals surface area (Å²) >= 11 is 0. The average Bonchev–Trinajstić information content (AvgIpc) is 0.849. The van der Waals surface area contributed by atoms with Crippen molar-refractivity contribution in [2.45, 2.75) is 420 Å². The van der Waals surface area contributed by atoms with E-state index in [0.29, 0.717) is 6.42 Å². The lowest BCUT2D eigenvalue weighted by Crippen LogP contribution is -2.66. The molecule has 1 amide bonds. The summed E-state index contributed by atoms with van der Waals surface area (Å²) in [5.74, 6) is -0.272. The molecule has 17 unspecified atom stereocenters. The van der Waals surface area contributed by atoms with Crippen LogP contribution in [0, 0.1) is 0 Å². The standard InChI is InChI=1S/C77H143NO18/c1-3-5-7-9-11-13-15-16-17-18-19-20-21-22-23-24-25-26-27-28-29-30-31-32-33-34-35-36-37-38-39-40-41-42-43-44-45-47-49-51-53-55-65(83)78-60(61(82)54-52-50-48-46-14-12-10-8-6-4-2)59-91-75-71(89)68(86)73(63(57-80)93-75)96-77-72(90)69(87)74(64(58-81)94-77)95-76-70(88)67(85)66(84)62(56-79)92-76/h15-16,18-19,52,54,60-64,66-77,79-82,84-90H,3-14,17,20-51,53,55-59H2,1-2H3,(H,78,83)/b16-15-,19-18-,54-52+. The Morgan fingerprint density at radius 1 is 0.375 bits per heavy atom. The lowest BCUT2D eigenvalue weighted by molar-refractivity contribution is -0.379. The number of allylic oxidation sites excluding steroid dienone is 5. The molecular weight excluding hydrogens is 1230 g/mol. The van der Waals surface area contributed by atoms with Crippen LogP contribution in [0.15, 0.2) is 36.5 Å². The third-order valence-electron chi connectivity index (χ3n) is 19.7. The van der Waals surface area contributed by atoms with Crippen molar-refractivity contribution in [2.24, 2.45) is 0 Å². The maximum absolute atomic E-state index is 13.4. The topological polar surface area (TPSA) is 307 Å². The highest BCUT2D eigenvalue weighted by Gasteiger charge is 2.53. The molecule has 3 heterocycles. The molecule has 3 fully saturated rings. The molecular formula is C77H143NO18. The molecule has 0 aliphatic carbocycles. The van der Waals surface area contributed by atoms with Crippen LogP contribution in [-0.4, -0.2) is 193 Å². The largest absolute Gasteiger partial charge is 0.394 e. The summed E-state index contributed by atoms with van der Waals surface area (Å²) in [4.78, 5) is 13.4. The Morgan fingerprint density at radius 3 is 1.06 bits per heavy atom. The molecule has 0 saturated carbocycles. The number of unbranched alkanes of at least 4 members (excludes halogenated alkanes) is 42. The van der Waals surface area contributed by atoms with Gasteiger partial charge >= 0.3 is 0 Å². The summed E-state index contributed by atoms with van der Waals surface area (Å²) in [5, 5.41) is 120. The van der Waals surface area contributed by atoms with Crippen LogP contribution >= 0.6 is 0 Å². The second-order valence-corrected chi connectivity index (χ2v) is 28.2. The Bertz CT molecular complexity index is 1880. The molecule has 0 aromatic heterocycles. The molecule has 19 nitrogen and oxygen atoms in total. The lowest BCUT2D eigenvalue weighted by Gasteiger charge is -2.48. The molecule has 0 radical (unpaired) electrons. The summed E-state index contributed by atoms with van der Waals surface area (Å²) in [6.45, 7) is 1.71. The first-order chi connectivity index (χ1) is 46.8. The Kier molecular flexibility index (Phi) is 53.8. The van der Waals surface area contributed by atoms with Crippen molar-refractivity contribution >= 4 is 5.91 Å². The Morgan fingerprint density at radius 2 is 0.688 bits per heavy atom. The highest BCUT2D eigenvalue weighted by molar-refractivity contribution is 5.76. The number of carbonyl (C=O) groups excluding carboxylic acids is 1. The van der Waals surface area contributed by atoms with Crippen molar-refractivity contribution in [3.8, 4) is 0 Å². The molecule has 3 saturated heterocycles. The van der Waals surface area contributed by atoms with Gasteiger partial charge in [0.1, 0.15) is 73.2 Å². The normalized spacial score (nSPS) is 27.2. The smallest absolute Gasteiger partial charge is 0.220 e. The first-order valence-electron chi connectivity index (χ1n) is 39.2. The van der Waals surface area contributed by atoms with Gasteiger partial charge in [-0.25, -0.2) is 0 Å². The summed E-state index contributed by atoms with van der Waals surface area (Å²) in [6.07, 6.45) is 44.8. The summed E-state index contributed by atoms with van der Waals surface area (Å²) < 4.78 is 34.3. The van der Waals surface area contributed by atoms with Crippen LogP contribution in [0.1, 0.15) is 316 Å². The molecule has 0 spiro atoms. The Labute approximate surface area is 581 Å². The number of hydrogen-bond donors (Lipinski definition) is 12. The minimum Gasteiger partial charge on any atom is -0.394 e. The predicted octanol–water partition coefficient (Wildman–Crippen LogP) is 12.3. The van der Waals surface area contributed by atoms with Crippen LogP contribution in [0.5, 0.6) is 0 Å². The maximum Gasteiger partial charge on any atom is 0.220 e. The third kappa shape index (κ3) is 38.9. The molecule has 3 aliphatic rings. The molecule has 12 N–H and O–H groups in total. The van der Waals surface area contributed by atoms with Crippen LogP contribution in [0.2, 0.25) is 0 Å². The molecule has 0 bridgehead atoms. The minimum atomic E-state index is -1.98. The highest BCUT2D eigenvalue weighted by Crippen LogP contribution is 2.33. The first kappa shape index (κ1) is 88.2. The highest BCUT2D eigenvalue weighted by atomic mass is 16.8. The number of hydrogen-bond acceptors (Lipinski definition) is 18. The maximum atomic E-state index is 13.4. The van der Waals surface area contributed by atoms with E-state index in [1.54, 1.807) is 6.08 Å². The van der Waals surface area contributed by atoms with E-state index in [1.807, 2.05) is 6.08 Å². The van der Waals surface area contributed by atoms with Crippen molar-refractivity contribution in [3.05, 3.63) is 36.5 Å². The van der Waals surface area contributed by atoms with Gasteiger partial charge in [-0.15, -0.1) is 0 Å². The van der Waals surface area contributed by atoms with Crippen LogP contribution in [-0.2, 0) is 33.2 Å². The van der Waals surface area contributed by atoms with Gasteiger partial charge in [0.2, 0.25) is 5.91 Å². The number of amides is 1. The summed E-state index contributed by atoms with van der Waals surface area (Å²) in [5.41, 5.74) is 0. The van der Waals surface area contributed by atoms with Crippen molar-refractivity contribution < 1.29 is 89.4 Å². The van der Waals surface area contributed by atoms with Gasteiger partial charge in [0, 0.05) is 6.42 Å². The lowest BCUT2D eigenvalue weighted by atomic mass is 9.96. The van der Waals surface area contributed by atoms with Crippen molar-refractivity contribution in [2.75, 3.05) is 26.4 Å². The zero-order chi connectivity index (χ0) is 69.6. The second-order valence-electron chi connectivity index (χ2n) is 28.2. The predicted molar refractivity (Wildman–Crippen MR) is 379 cm³/mol. The van der Waals surface area contributed by atoms with E-state index in [-0.39, 0.29) is 18.9 Å². The van der Waals surface area contributed by atoms with E-state index in [0.717, 1.165) is 51.4 Å². The number of carbonyl (C=O) groups is 1. The van der Waals surface area contributed by atoms with Gasteiger partial charge in [0.15, 0.2) is 18.9 Å². The fraction of sp³-hybridized carbons (Fsp3) is 0.909. The molecule has 564 valence electrons. The number of rotatable bonds is 62. The Balaban J connectivity index is 1.24. The van der Waals surface area contributed by atoms with Crippen molar-refractivity contribution in [1.29, 1.82) is 0 Å². The quantitative estimate of drug-likeness (QED) is 0.0199. The van der Waals surface area contributed by atoms with Gasteiger partial charge in [-0.1, -0.05) is 294 Å². The molecule has 17 atom stereocenters. The van der Waals surface area contributed by atoms with E-state index in [2.05, 4.69) is 43.5 Å². The zero-order valence-corrected chi connectivity index (χ0v) is 60.1. The van der Waals surface area contributed by atoms with Crippen LogP contribution in [0.25, 0.3) is 0 Å². The molecule has 19 heteroatoms.